The zero-order valence-electron chi connectivity index (χ0n) is 13.5. The molecule has 1 aliphatic heterocycles. The Labute approximate surface area is 138 Å². The highest BCUT2D eigenvalue weighted by molar-refractivity contribution is 6.28. The summed E-state index contributed by atoms with van der Waals surface area (Å²) in [4.78, 5) is 11.8. The summed E-state index contributed by atoms with van der Waals surface area (Å²) in [6, 6.07) is 1.19. The van der Waals surface area contributed by atoms with E-state index in [2.05, 4.69) is 15.0 Å². The summed E-state index contributed by atoms with van der Waals surface area (Å²) in [5.74, 6) is -1.29. The summed E-state index contributed by atoms with van der Waals surface area (Å²) in [5, 5.41) is -0.144. The number of hydrogen-bond donors (Lipinski definition) is 0. The monoisotopic (exact) mass is 334 g/mol. The van der Waals surface area contributed by atoms with Crippen molar-refractivity contribution in [3.8, 4) is 11.3 Å². The minimum Gasteiger partial charge on any atom is -0.254 e. The fraction of sp³-hybridized carbons (Fsp3) is 0.353. The number of fused-ring (bicyclic) bond motifs is 2. The molecule has 23 heavy (non-hydrogen) atoms. The van der Waals surface area contributed by atoms with Crippen molar-refractivity contribution < 1.29 is 10.2 Å². The number of rotatable bonds is 1. The highest BCUT2D eigenvalue weighted by Crippen LogP contribution is 2.52. The molecule has 4 rings (SSSR count). The second kappa shape index (κ2) is 5.06. The van der Waals surface area contributed by atoms with Gasteiger partial charge in [-0.3, -0.25) is 4.99 Å². The van der Waals surface area contributed by atoms with Crippen molar-refractivity contribution in [2.24, 2.45) is 4.99 Å². The summed E-state index contributed by atoms with van der Waals surface area (Å²) < 4.78 is 37.4. The van der Waals surface area contributed by atoms with E-state index in [1.165, 1.54) is 0 Å². The van der Waals surface area contributed by atoms with Crippen LogP contribution in [0.5, 0.6) is 0 Å². The van der Waals surface area contributed by atoms with Crippen LogP contribution in [0.4, 0.5) is 14.5 Å². The smallest absolute Gasteiger partial charge is 0.223 e. The summed E-state index contributed by atoms with van der Waals surface area (Å²) in [7, 11) is 0. The molecule has 2 aliphatic rings. The molecule has 2 aromatic rings. The van der Waals surface area contributed by atoms with Gasteiger partial charge in [0.25, 0.3) is 0 Å². The third-order valence-electron chi connectivity index (χ3n) is 4.87. The Morgan fingerprint density at radius 2 is 2.00 bits per heavy atom. The quantitative estimate of drug-likeness (QED) is 0.689. The Kier molecular flexibility index (Phi) is 2.98. The third kappa shape index (κ3) is 2.10. The molecule has 0 unspecified atom stereocenters. The average Bonchev–Trinajstić information content (AvgIpc) is 3.14. The molecule has 118 valence electrons. The van der Waals surface area contributed by atoms with E-state index in [-0.39, 0.29) is 28.3 Å². The van der Waals surface area contributed by atoms with Gasteiger partial charge in [-0.1, -0.05) is 12.8 Å². The molecule has 0 radical (unpaired) electrons. The van der Waals surface area contributed by atoms with Gasteiger partial charge >= 0.3 is 0 Å². The molecule has 0 saturated heterocycles. The van der Waals surface area contributed by atoms with Gasteiger partial charge in [-0.15, -0.1) is 0 Å². The van der Waals surface area contributed by atoms with Crippen LogP contribution in [0.15, 0.2) is 23.3 Å². The topological polar surface area (TPSA) is 38.1 Å². The summed E-state index contributed by atoms with van der Waals surface area (Å²) in [6.45, 7) is 1.88. The van der Waals surface area contributed by atoms with Crippen molar-refractivity contribution in [2.75, 3.05) is 0 Å². The van der Waals surface area contributed by atoms with Crippen molar-refractivity contribution >= 4 is 23.0 Å². The van der Waals surface area contributed by atoms with Crippen molar-refractivity contribution in [1.82, 2.24) is 9.97 Å². The van der Waals surface area contributed by atoms with E-state index < -0.39 is 17.0 Å². The molecule has 3 nitrogen and oxygen atoms in total. The molecule has 0 amide bonds. The largest absolute Gasteiger partial charge is 0.254 e. The Morgan fingerprint density at radius 1 is 1.26 bits per heavy atom. The van der Waals surface area contributed by atoms with Gasteiger partial charge in [0.1, 0.15) is 17.2 Å². The Balaban J connectivity index is 2.00. The SMILES string of the molecule is [2H]c1c(-c2nc(Cl)ncc2F)cc(F)c2c1C1(CCCC1)C(C)=N2. The van der Waals surface area contributed by atoms with Gasteiger partial charge in [0.2, 0.25) is 5.28 Å². The minimum absolute atomic E-state index is 0.0718. The molecule has 1 aromatic carbocycles. The Hall–Kier alpha value is -1.88. The molecular formula is C17H14ClF2N3. The molecule has 1 spiro atoms. The van der Waals surface area contributed by atoms with Gasteiger partial charge in [0.15, 0.2) is 5.82 Å². The van der Waals surface area contributed by atoms with Crippen molar-refractivity contribution in [2.45, 2.75) is 38.0 Å². The van der Waals surface area contributed by atoms with Gasteiger partial charge in [0.05, 0.1) is 7.57 Å². The van der Waals surface area contributed by atoms with Crippen molar-refractivity contribution in [3.63, 3.8) is 0 Å². The number of nitrogens with zero attached hydrogens (tertiary/aromatic N) is 3. The second-order valence-corrected chi connectivity index (χ2v) is 6.41. The molecule has 0 atom stereocenters. The van der Waals surface area contributed by atoms with Crippen molar-refractivity contribution in [3.05, 3.63) is 40.8 Å². The lowest BCUT2D eigenvalue weighted by Gasteiger charge is -2.25. The highest BCUT2D eigenvalue weighted by atomic mass is 35.5. The maximum atomic E-state index is 14.7. The highest BCUT2D eigenvalue weighted by Gasteiger charge is 2.44. The predicted octanol–water partition coefficient (Wildman–Crippen LogP) is 4.99. The first-order valence-corrected chi connectivity index (χ1v) is 7.89. The molecule has 1 aliphatic carbocycles. The maximum Gasteiger partial charge on any atom is 0.223 e. The minimum atomic E-state index is -0.733. The Bertz CT molecular complexity index is 892. The first-order chi connectivity index (χ1) is 11.4. The lowest BCUT2D eigenvalue weighted by atomic mass is 9.76. The van der Waals surface area contributed by atoms with Gasteiger partial charge < -0.3 is 0 Å². The number of halogens is 3. The van der Waals surface area contributed by atoms with Crippen LogP contribution in [0, 0.1) is 11.6 Å². The normalized spacial score (nSPS) is 19.0. The van der Waals surface area contributed by atoms with Crippen LogP contribution in [0.2, 0.25) is 5.28 Å². The standard InChI is InChI=1S/C17H14ClF2N3/c1-9-17(4-2-3-5-17)11-6-10(7-12(19)15(11)22-9)14-13(20)8-21-16(18)23-14/h6-8H,2-5H2,1H3/i6D. The molecular weight excluding hydrogens is 320 g/mol. The van der Waals surface area contributed by atoms with Gasteiger partial charge in [0, 0.05) is 16.7 Å². The molecule has 1 fully saturated rings. The van der Waals surface area contributed by atoms with E-state index >= 15 is 0 Å². The average molecular weight is 335 g/mol. The molecule has 1 saturated carbocycles. The van der Waals surface area contributed by atoms with Crippen LogP contribution in [-0.4, -0.2) is 15.7 Å². The first-order valence-electron chi connectivity index (χ1n) is 8.02. The number of aliphatic imine (C=N–C) groups is 1. The molecule has 2 heterocycles. The summed E-state index contributed by atoms with van der Waals surface area (Å²) in [5.41, 5.74) is 1.13. The van der Waals surface area contributed by atoms with E-state index in [9.17, 15) is 8.78 Å². The van der Waals surface area contributed by atoms with Crippen LogP contribution in [-0.2, 0) is 5.41 Å². The predicted molar refractivity (Wildman–Crippen MR) is 85.3 cm³/mol. The molecule has 6 heteroatoms. The van der Waals surface area contributed by atoms with E-state index in [0.717, 1.165) is 43.7 Å². The zero-order chi connectivity index (χ0) is 17.1. The van der Waals surface area contributed by atoms with E-state index in [1.54, 1.807) is 0 Å². The van der Waals surface area contributed by atoms with Gasteiger partial charge in [-0.25, -0.2) is 18.7 Å². The summed E-state index contributed by atoms with van der Waals surface area (Å²) >= 11 is 5.75. The molecule has 0 bridgehead atoms. The first kappa shape index (κ1) is 13.5. The third-order valence-corrected chi connectivity index (χ3v) is 5.05. The van der Waals surface area contributed by atoms with Crippen LogP contribution in [0.3, 0.4) is 0 Å². The molecule has 1 aromatic heterocycles. The molecule has 0 N–H and O–H groups in total. The van der Waals surface area contributed by atoms with Crippen LogP contribution >= 0.6 is 11.6 Å². The van der Waals surface area contributed by atoms with E-state index in [1.807, 2.05) is 6.92 Å². The van der Waals surface area contributed by atoms with Gasteiger partial charge in [-0.05, 0) is 49.0 Å². The van der Waals surface area contributed by atoms with Gasteiger partial charge in [-0.2, -0.15) is 0 Å². The number of aromatic nitrogens is 2. The number of hydrogen-bond acceptors (Lipinski definition) is 3. The fourth-order valence-electron chi connectivity index (χ4n) is 3.71. The summed E-state index contributed by atoms with van der Waals surface area (Å²) in [6.07, 6.45) is 4.60. The van der Waals surface area contributed by atoms with Crippen molar-refractivity contribution in [1.29, 1.82) is 0 Å². The lowest BCUT2D eigenvalue weighted by Crippen LogP contribution is -2.27. The van der Waals surface area contributed by atoms with E-state index in [0.29, 0.717) is 5.56 Å². The lowest BCUT2D eigenvalue weighted by molar-refractivity contribution is 0.596. The fourth-order valence-corrected chi connectivity index (χ4v) is 3.84. The Morgan fingerprint density at radius 3 is 2.74 bits per heavy atom. The zero-order valence-corrected chi connectivity index (χ0v) is 13.2. The van der Waals surface area contributed by atoms with Crippen LogP contribution < -0.4 is 0 Å². The number of benzene rings is 1. The maximum absolute atomic E-state index is 14.7. The van der Waals surface area contributed by atoms with Crippen LogP contribution in [0.1, 0.15) is 39.5 Å². The van der Waals surface area contributed by atoms with Crippen LogP contribution in [0.25, 0.3) is 11.3 Å². The second-order valence-electron chi connectivity index (χ2n) is 6.08. The van der Waals surface area contributed by atoms with E-state index in [4.69, 9.17) is 13.0 Å².